The Hall–Kier alpha value is -0.200. The predicted octanol–water partition coefficient (Wildman–Crippen LogP) is -2.38. The van der Waals surface area contributed by atoms with Crippen LogP contribution >= 0.6 is 0 Å². The molecule has 1 aliphatic rings. The van der Waals surface area contributed by atoms with Gasteiger partial charge in [0.1, 0.15) is 31.0 Å². The highest BCUT2D eigenvalue weighted by molar-refractivity contribution is 4.91. The highest BCUT2D eigenvalue weighted by Crippen LogP contribution is 2.17. The zero-order valence-electron chi connectivity index (χ0n) is 5.79. The number of rotatable bonds is 1. The Kier molecular flexibility index (Phi) is 2.80. The van der Waals surface area contributed by atoms with Crippen molar-refractivity contribution < 1.29 is 25.2 Å². The summed E-state index contributed by atoms with van der Waals surface area (Å²) in [6, 6.07) is 0. The van der Waals surface area contributed by atoms with Crippen LogP contribution in [0.1, 0.15) is 0 Å². The van der Waals surface area contributed by atoms with Crippen molar-refractivity contribution in [3.8, 4) is 0 Å². The van der Waals surface area contributed by atoms with Gasteiger partial charge in [-0.15, -0.1) is 0 Å². The van der Waals surface area contributed by atoms with Crippen LogP contribution in [0.3, 0.4) is 0 Å². The predicted molar refractivity (Wildman–Crippen MR) is 34.3 cm³/mol. The third kappa shape index (κ3) is 1.69. The third-order valence-corrected chi connectivity index (χ3v) is 1.65. The Morgan fingerprint density at radius 1 is 1.18 bits per heavy atom. The number of ether oxygens (including phenoxy) is 1. The molecule has 11 heavy (non-hydrogen) atoms. The first-order chi connectivity index (χ1) is 5.16. The molecule has 1 radical (unpaired) electrons. The summed E-state index contributed by atoms with van der Waals surface area (Å²) < 4.78 is 4.69. The lowest BCUT2D eigenvalue weighted by Gasteiger charge is -2.33. The average molecular weight is 163 g/mol. The van der Waals surface area contributed by atoms with Crippen LogP contribution in [0.25, 0.3) is 0 Å². The minimum Gasteiger partial charge on any atom is -0.394 e. The third-order valence-electron chi connectivity index (χ3n) is 1.65. The molecule has 0 saturated carbocycles. The zero-order valence-corrected chi connectivity index (χ0v) is 5.79. The van der Waals surface area contributed by atoms with Gasteiger partial charge in [0.05, 0.1) is 6.61 Å². The fourth-order valence-corrected chi connectivity index (χ4v) is 0.915. The Balaban J connectivity index is 2.52. The van der Waals surface area contributed by atoms with Crippen molar-refractivity contribution in [1.29, 1.82) is 0 Å². The molecule has 1 unspecified atom stereocenters. The standard InChI is InChI=1S/C6H11O5/c7-1-4-6(10)5(9)3(8)2-11-4/h2-10H,1H2/t3-,4?,5+,6-/m0/s1. The molecule has 5 heteroatoms. The summed E-state index contributed by atoms with van der Waals surface area (Å²) in [4.78, 5) is 0. The van der Waals surface area contributed by atoms with Gasteiger partial charge >= 0.3 is 0 Å². The van der Waals surface area contributed by atoms with Crippen molar-refractivity contribution >= 4 is 0 Å². The molecule has 0 aromatic carbocycles. The minimum absolute atomic E-state index is 0.387. The van der Waals surface area contributed by atoms with Crippen LogP contribution in [-0.4, -0.2) is 51.4 Å². The summed E-state index contributed by atoms with van der Waals surface area (Å²) in [5.41, 5.74) is 0. The highest BCUT2D eigenvalue weighted by Gasteiger charge is 2.37. The van der Waals surface area contributed by atoms with Crippen LogP contribution in [0.4, 0.5) is 0 Å². The minimum atomic E-state index is -1.28. The summed E-state index contributed by atoms with van der Waals surface area (Å²) >= 11 is 0. The second kappa shape index (κ2) is 3.46. The van der Waals surface area contributed by atoms with E-state index in [9.17, 15) is 0 Å². The second-order valence-corrected chi connectivity index (χ2v) is 2.46. The van der Waals surface area contributed by atoms with E-state index in [2.05, 4.69) is 4.74 Å². The molecule has 0 bridgehead atoms. The Morgan fingerprint density at radius 3 is 2.36 bits per heavy atom. The molecule has 1 saturated heterocycles. The normalized spacial score (nSPS) is 45.8. The Bertz CT molecular complexity index is 126. The molecule has 0 aromatic heterocycles. The van der Waals surface area contributed by atoms with Crippen LogP contribution in [0.2, 0.25) is 0 Å². The van der Waals surface area contributed by atoms with Crippen molar-refractivity contribution in [2.24, 2.45) is 0 Å². The molecule has 1 heterocycles. The molecule has 1 fully saturated rings. The molecular weight excluding hydrogens is 152 g/mol. The van der Waals surface area contributed by atoms with Crippen molar-refractivity contribution in [3.63, 3.8) is 0 Å². The second-order valence-electron chi connectivity index (χ2n) is 2.46. The first-order valence-electron chi connectivity index (χ1n) is 3.30. The molecule has 1 rings (SSSR count). The SMILES string of the molecule is OCC1O[CH][C@H](O)[C@@H](O)[C@H]1O. The Labute approximate surface area is 63.8 Å². The first kappa shape index (κ1) is 8.89. The van der Waals surface area contributed by atoms with E-state index >= 15 is 0 Å². The molecule has 0 aromatic rings. The Morgan fingerprint density at radius 2 is 1.82 bits per heavy atom. The number of aliphatic hydroxyl groups excluding tert-OH is 4. The number of hydrogen-bond donors (Lipinski definition) is 4. The van der Waals surface area contributed by atoms with E-state index in [1.54, 1.807) is 0 Å². The molecule has 0 aliphatic carbocycles. The van der Waals surface area contributed by atoms with E-state index in [1.807, 2.05) is 0 Å². The molecule has 0 spiro atoms. The van der Waals surface area contributed by atoms with Gasteiger partial charge in [0.25, 0.3) is 0 Å². The largest absolute Gasteiger partial charge is 0.394 e. The lowest BCUT2D eigenvalue weighted by molar-refractivity contribution is -0.169. The van der Waals surface area contributed by atoms with Crippen molar-refractivity contribution in [2.45, 2.75) is 24.4 Å². The molecule has 5 nitrogen and oxygen atoms in total. The maximum absolute atomic E-state index is 9.09. The smallest absolute Gasteiger partial charge is 0.115 e. The average Bonchev–Trinajstić information content (AvgIpc) is 2.01. The number of hydrogen-bond acceptors (Lipinski definition) is 5. The van der Waals surface area contributed by atoms with E-state index < -0.39 is 24.4 Å². The van der Waals surface area contributed by atoms with Crippen molar-refractivity contribution in [1.82, 2.24) is 0 Å². The molecule has 65 valence electrons. The summed E-state index contributed by atoms with van der Waals surface area (Å²) in [7, 11) is 0. The van der Waals surface area contributed by atoms with Gasteiger partial charge < -0.3 is 25.2 Å². The van der Waals surface area contributed by atoms with Gasteiger partial charge in [-0.3, -0.25) is 0 Å². The fraction of sp³-hybridized carbons (Fsp3) is 0.833. The van der Waals surface area contributed by atoms with Crippen LogP contribution in [0.15, 0.2) is 0 Å². The van der Waals surface area contributed by atoms with Gasteiger partial charge in [0.2, 0.25) is 0 Å². The fourth-order valence-electron chi connectivity index (χ4n) is 0.915. The number of aliphatic hydroxyl groups is 4. The molecule has 4 atom stereocenters. The maximum atomic E-state index is 9.09. The van der Waals surface area contributed by atoms with E-state index in [0.717, 1.165) is 6.61 Å². The van der Waals surface area contributed by atoms with Crippen LogP contribution in [0.5, 0.6) is 0 Å². The van der Waals surface area contributed by atoms with Crippen molar-refractivity contribution in [3.05, 3.63) is 6.61 Å². The lowest BCUT2D eigenvalue weighted by Crippen LogP contribution is -2.52. The van der Waals surface area contributed by atoms with Gasteiger partial charge in [-0.25, -0.2) is 0 Å². The van der Waals surface area contributed by atoms with Gasteiger partial charge in [0.15, 0.2) is 0 Å². The molecular formula is C6H11O5. The van der Waals surface area contributed by atoms with Crippen molar-refractivity contribution in [2.75, 3.05) is 6.61 Å². The van der Waals surface area contributed by atoms with Gasteiger partial charge in [0, 0.05) is 0 Å². The molecule has 0 amide bonds. The summed E-state index contributed by atoms with van der Waals surface area (Å²) in [6.45, 7) is 0.611. The van der Waals surface area contributed by atoms with Gasteiger partial charge in [-0.1, -0.05) is 0 Å². The quantitative estimate of drug-likeness (QED) is 0.346. The maximum Gasteiger partial charge on any atom is 0.115 e. The monoisotopic (exact) mass is 163 g/mol. The van der Waals surface area contributed by atoms with E-state index in [-0.39, 0.29) is 6.61 Å². The van der Waals surface area contributed by atoms with Crippen LogP contribution in [-0.2, 0) is 4.74 Å². The van der Waals surface area contributed by atoms with E-state index in [4.69, 9.17) is 20.4 Å². The van der Waals surface area contributed by atoms with Crippen LogP contribution in [0, 0.1) is 6.61 Å². The van der Waals surface area contributed by atoms with E-state index in [0.29, 0.717) is 0 Å². The topological polar surface area (TPSA) is 90.2 Å². The zero-order chi connectivity index (χ0) is 8.43. The summed E-state index contributed by atoms with van der Waals surface area (Å²) in [5.74, 6) is 0. The lowest BCUT2D eigenvalue weighted by atomic mass is 10.0. The van der Waals surface area contributed by atoms with E-state index in [1.165, 1.54) is 0 Å². The molecule has 1 aliphatic heterocycles. The van der Waals surface area contributed by atoms with Gasteiger partial charge in [-0.05, 0) is 0 Å². The first-order valence-corrected chi connectivity index (χ1v) is 3.30. The van der Waals surface area contributed by atoms with Gasteiger partial charge in [-0.2, -0.15) is 0 Å². The molecule has 4 N–H and O–H groups in total. The van der Waals surface area contributed by atoms with Crippen LogP contribution < -0.4 is 0 Å². The highest BCUT2D eigenvalue weighted by atomic mass is 16.5. The summed E-state index contributed by atoms with van der Waals surface area (Å²) in [6.07, 6.45) is -4.54. The summed E-state index contributed by atoms with van der Waals surface area (Å²) in [5, 5.41) is 35.6.